The maximum atomic E-state index is 12.5. The Morgan fingerprint density at radius 1 is 0.562 bits per heavy atom. The minimum absolute atomic E-state index is 0.0381. The Morgan fingerprint density at radius 3 is 1.31 bits per heavy atom. The quantitative estimate of drug-likeness (QED) is 0.0796. The van der Waals surface area contributed by atoms with Gasteiger partial charge in [0.25, 0.3) is 0 Å². The Labute approximate surface area is 292 Å². The van der Waals surface area contributed by atoms with Crippen LogP contribution < -0.4 is 0 Å². The Hall–Kier alpha value is -2.88. The molecule has 48 heavy (non-hydrogen) atoms. The van der Waals surface area contributed by atoms with Crippen LogP contribution >= 0.6 is 0 Å². The summed E-state index contributed by atoms with van der Waals surface area (Å²) in [5, 5.41) is 4.97. The summed E-state index contributed by atoms with van der Waals surface area (Å²) in [6.07, 6.45) is 13.7. The number of carbonyl (C=O) groups excluding carboxylic acids is 2. The molecule has 0 aliphatic carbocycles. The van der Waals surface area contributed by atoms with Crippen LogP contribution in [0.4, 0.5) is 0 Å². The molecule has 0 heterocycles. The maximum Gasteiger partial charge on any atom is 0.305 e. The van der Waals surface area contributed by atoms with Gasteiger partial charge in [-0.3, -0.25) is 9.59 Å². The highest BCUT2D eigenvalue weighted by molar-refractivity contribution is 5.98. The topological polar surface area (TPSA) is 52.6 Å². The lowest BCUT2D eigenvalue weighted by Gasteiger charge is -2.26. The second-order valence-corrected chi connectivity index (χ2v) is 15.6. The highest BCUT2D eigenvalue weighted by atomic mass is 16.5. The molecule has 4 heteroatoms. The minimum atomic E-state index is -0.0611. The van der Waals surface area contributed by atoms with Gasteiger partial charge in [-0.2, -0.15) is 0 Å². The van der Waals surface area contributed by atoms with Crippen molar-refractivity contribution in [2.24, 2.45) is 11.8 Å². The smallest absolute Gasteiger partial charge is 0.305 e. The fraction of sp³-hybridized carbons (Fsp3) is 0.636. The largest absolute Gasteiger partial charge is 0.465 e. The molecule has 0 fully saturated rings. The van der Waals surface area contributed by atoms with Gasteiger partial charge in [-0.25, -0.2) is 0 Å². The second kappa shape index (κ2) is 19.3. The molecule has 0 bridgehead atoms. The van der Waals surface area contributed by atoms with Crippen molar-refractivity contribution in [1.82, 2.24) is 0 Å². The average molecular weight is 659 g/mol. The zero-order valence-corrected chi connectivity index (χ0v) is 31.7. The van der Waals surface area contributed by atoms with Crippen LogP contribution in [-0.2, 0) is 29.9 Å². The molecular weight excluding hydrogens is 592 g/mol. The van der Waals surface area contributed by atoms with E-state index in [1.54, 1.807) is 0 Å². The van der Waals surface area contributed by atoms with Gasteiger partial charge in [-0.05, 0) is 106 Å². The molecule has 0 aromatic heterocycles. The summed E-state index contributed by atoms with van der Waals surface area (Å²) in [6.45, 7) is 19.0. The number of hydrogen-bond donors (Lipinski definition) is 0. The highest BCUT2D eigenvalue weighted by Gasteiger charge is 2.23. The van der Waals surface area contributed by atoms with Crippen LogP contribution in [0, 0.1) is 11.8 Å². The predicted molar refractivity (Wildman–Crippen MR) is 204 cm³/mol. The first-order valence-corrected chi connectivity index (χ1v) is 19.2. The molecule has 0 saturated heterocycles. The van der Waals surface area contributed by atoms with Crippen molar-refractivity contribution in [2.45, 2.75) is 156 Å². The molecule has 4 nitrogen and oxygen atoms in total. The van der Waals surface area contributed by atoms with Crippen molar-refractivity contribution in [2.75, 3.05) is 13.2 Å². The molecule has 0 saturated carbocycles. The minimum Gasteiger partial charge on any atom is -0.465 e. The first-order valence-electron chi connectivity index (χ1n) is 19.2. The van der Waals surface area contributed by atoms with Crippen molar-refractivity contribution in [1.29, 1.82) is 0 Å². The Balaban J connectivity index is 1.57. The number of carbonyl (C=O) groups is 2. The van der Waals surface area contributed by atoms with Crippen LogP contribution in [0.3, 0.4) is 0 Å². The summed E-state index contributed by atoms with van der Waals surface area (Å²) in [6, 6.07) is 18.3. The average Bonchev–Trinajstić information content (AvgIpc) is 3.06. The third-order valence-corrected chi connectivity index (χ3v) is 10.8. The van der Waals surface area contributed by atoms with E-state index < -0.39 is 0 Å². The summed E-state index contributed by atoms with van der Waals surface area (Å²) in [4.78, 5) is 24.9. The molecule has 0 amide bonds. The van der Waals surface area contributed by atoms with E-state index in [0.29, 0.717) is 37.9 Å². The summed E-state index contributed by atoms with van der Waals surface area (Å²) in [5.74, 6) is 0.847. The van der Waals surface area contributed by atoms with Gasteiger partial charge in [0, 0.05) is 12.8 Å². The molecule has 0 N–H and O–H groups in total. The van der Waals surface area contributed by atoms with E-state index in [-0.39, 0.29) is 22.8 Å². The molecule has 3 aromatic carbocycles. The predicted octanol–water partition coefficient (Wildman–Crippen LogP) is 12.4. The molecule has 0 spiro atoms. The van der Waals surface area contributed by atoms with Gasteiger partial charge in [-0.1, -0.05) is 130 Å². The van der Waals surface area contributed by atoms with Gasteiger partial charge in [0.1, 0.15) is 0 Å². The van der Waals surface area contributed by atoms with Gasteiger partial charge >= 0.3 is 11.9 Å². The lowest BCUT2D eigenvalue weighted by Crippen LogP contribution is -2.19. The molecule has 0 aliphatic heterocycles. The van der Waals surface area contributed by atoms with Crippen LogP contribution in [0.2, 0.25) is 0 Å². The summed E-state index contributed by atoms with van der Waals surface area (Å²) in [7, 11) is 0. The molecule has 3 rings (SSSR count). The fourth-order valence-electron chi connectivity index (χ4n) is 6.84. The molecule has 2 atom stereocenters. The highest BCUT2D eigenvalue weighted by Crippen LogP contribution is 2.35. The van der Waals surface area contributed by atoms with E-state index in [2.05, 4.69) is 104 Å². The number of benzene rings is 3. The van der Waals surface area contributed by atoms with E-state index in [9.17, 15) is 9.59 Å². The molecule has 266 valence electrons. The van der Waals surface area contributed by atoms with E-state index in [0.717, 1.165) is 51.4 Å². The van der Waals surface area contributed by atoms with Crippen molar-refractivity contribution < 1.29 is 19.1 Å². The van der Waals surface area contributed by atoms with E-state index in [1.807, 2.05) is 0 Å². The van der Waals surface area contributed by atoms with Gasteiger partial charge in [0.05, 0.1) is 13.2 Å². The molecule has 2 unspecified atom stereocenters. The zero-order chi connectivity index (χ0) is 35.2. The summed E-state index contributed by atoms with van der Waals surface area (Å²) in [5.41, 5.74) is 2.53. The van der Waals surface area contributed by atoms with Crippen LogP contribution in [0.1, 0.15) is 156 Å². The maximum absolute atomic E-state index is 12.5. The van der Waals surface area contributed by atoms with Crippen molar-refractivity contribution in [3.8, 4) is 0 Å². The number of hydrogen-bond acceptors (Lipinski definition) is 4. The standard InChI is InChI=1S/C44H66O4/c1-9-13-17-33(11-3)31-47-41(45)19-15-25-43(5,6)39-23-21-35-28-38-30-40(24-22-36(38)27-37(35)29-39)44(7,8)26-16-20-42(46)48-32-34(12-4)18-14-10-2/h21-24,27-30,33-34H,9-20,25-26,31-32H2,1-8H3. The van der Waals surface area contributed by atoms with E-state index in [1.165, 1.54) is 58.4 Å². The van der Waals surface area contributed by atoms with Gasteiger partial charge in [0.15, 0.2) is 0 Å². The number of rotatable bonds is 22. The van der Waals surface area contributed by atoms with Crippen LogP contribution in [0.5, 0.6) is 0 Å². The first kappa shape index (κ1) is 39.6. The molecule has 0 aliphatic rings. The Morgan fingerprint density at radius 2 is 0.958 bits per heavy atom. The van der Waals surface area contributed by atoms with Crippen molar-refractivity contribution >= 4 is 33.5 Å². The lowest BCUT2D eigenvalue weighted by molar-refractivity contribution is -0.146. The summed E-state index contributed by atoms with van der Waals surface area (Å²) >= 11 is 0. The van der Waals surface area contributed by atoms with Crippen LogP contribution in [0.25, 0.3) is 21.5 Å². The van der Waals surface area contributed by atoms with Crippen molar-refractivity contribution in [3.05, 3.63) is 59.7 Å². The lowest BCUT2D eigenvalue weighted by atomic mass is 9.78. The molecule has 3 aromatic rings. The zero-order valence-electron chi connectivity index (χ0n) is 31.7. The van der Waals surface area contributed by atoms with Gasteiger partial charge < -0.3 is 9.47 Å². The summed E-state index contributed by atoms with van der Waals surface area (Å²) < 4.78 is 11.3. The van der Waals surface area contributed by atoms with Gasteiger partial charge in [-0.15, -0.1) is 0 Å². The van der Waals surface area contributed by atoms with Crippen LogP contribution in [-0.4, -0.2) is 25.2 Å². The van der Waals surface area contributed by atoms with Gasteiger partial charge in [0.2, 0.25) is 0 Å². The van der Waals surface area contributed by atoms with Crippen LogP contribution in [0.15, 0.2) is 48.5 Å². The first-order chi connectivity index (χ1) is 22.9. The van der Waals surface area contributed by atoms with E-state index in [4.69, 9.17) is 9.47 Å². The SMILES string of the molecule is CCCCC(CC)COC(=O)CCCC(C)(C)c1ccc2cc3cc(C(C)(C)CCCC(=O)OCC(CC)CCCC)ccc3cc2c1. The number of fused-ring (bicyclic) bond motifs is 2. The normalized spacial score (nSPS) is 13.5. The van der Waals surface area contributed by atoms with E-state index >= 15 is 0 Å². The second-order valence-electron chi connectivity index (χ2n) is 15.6. The number of ether oxygens (including phenoxy) is 2. The Kier molecular flexibility index (Phi) is 15.9. The van der Waals surface area contributed by atoms with Crippen molar-refractivity contribution in [3.63, 3.8) is 0 Å². The monoisotopic (exact) mass is 658 g/mol. The molecular formula is C44H66O4. The number of esters is 2. The Bertz CT molecular complexity index is 1330. The third-order valence-electron chi connectivity index (χ3n) is 10.8. The number of unbranched alkanes of at least 4 members (excludes halogenated alkanes) is 2. The fourth-order valence-corrected chi connectivity index (χ4v) is 6.84. The molecule has 0 radical (unpaired) electrons. The third kappa shape index (κ3) is 12.2.